The van der Waals surface area contributed by atoms with Gasteiger partial charge in [-0.15, -0.1) is 0 Å². The molecular formula is C38H51N5O8S. The summed E-state index contributed by atoms with van der Waals surface area (Å²) in [6.45, 7) is 5.51. The van der Waals surface area contributed by atoms with Crippen LogP contribution in [0.1, 0.15) is 69.0 Å². The summed E-state index contributed by atoms with van der Waals surface area (Å²) in [5.41, 5.74) is 1.76. The van der Waals surface area contributed by atoms with E-state index in [1.165, 1.54) is 34.8 Å². The smallest absolute Gasteiger partial charge is 0.408 e. The molecule has 0 radical (unpaired) electrons. The number of sulfonamides is 1. The van der Waals surface area contributed by atoms with E-state index in [9.17, 15) is 23.1 Å². The third-order valence-corrected chi connectivity index (χ3v) is 10.9. The normalized spacial score (nSPS) is 15.7. The highest BCUT2D eigenvalue weighted by Crippen LogP contribution is 2.29. The molecule has 1 aliphatic rings. The maximum atomic E-state index is 14.1. The number of rotatable bonds is 17. The summed E-state index contributed by atoms with van der Waals surface area (Å²) in [6.07, 6.45) is 3.02. The van der Waals surface area contributed by atoms with Crippen LogP contribution in [0.5, 0.6) is 0 Å². The molecule has 282 valence electrons. The van der Waals surface area contributed by atoms with Gasteiger partial charge in [-0.3, -0.25) is 9.78 Å². The molecule has 13 nitrogen and oxygen atoms in total. The molecule has 2 amide bonds. The maximum Gasteiger partial charge on any atom is 0.408 e. The Morgan fingerprint density at radius 1 is 0.981 bits per heavy atom. The van der Waals surface area contributed by atoms with Crippen LogP contribution in [-0.2, 0) is 43.9 Å². The van der Waals surface area contributed by atoms with Crippen molar-refractivity contribution in [3.63, 3.8) is 0 Å². The SMILES string of the molecule is COCc1cccc(COC(=O)N[C@H](C(=O)N[C@@H](Cc2ccccc2)[C@H](O)CN(CC2CCCC2)S(=O)(=O)c2ccc(/C=N/O)cc2)C(C)(C)C)n1. The monoisotopic (exact) mass is 737 g/mol. The number of carbonyl (C=O) groups is 2. The summed E-state index contributed by atoms with van der Waals surface area (Å²) >= 11 is 0. The number of ether oxygens (including phenoxy) is 2. The number of carbonyl (C=O) groups excluding carboxylic acids is 2. The molecule has 1 aliphatic carbocycles. The number of hydrogen-bond donors (Lipinski definition) is 4. The van der Waals surface area contributed by atoms with Crippen molar-refractivity contribution in [3.05, 3.63) is 95.3 Å². The standard InChI is InChI=1S/C38H51N5O8S/c1-38(2,3)35(42-37(46)51-26-31-16-10-15-30(40-31)25-50-4)36(45)41-33(21-27-11-6-5-7-12-27)34(44)24-43(23-29-13-8-9-14-29)52(48,49)32-19-17-28(18-20-32)22-39-47/h5-7,10-12,15-20,22,29,33-35,44,47H,8-9,13-14,21,23-26H2,1-4H3,(H,41,45)(H,42,46)/b39-22+/t33-,34+,35+/m0/s1. The summed E-state index contributed by atoms with van der Waals surface area (Å²) in [5.74, 6) is -0.431. The first-order valence-electron chi connectivity index (χ1n) is 17.5. The van der Waals surface area contributed by atoms with Gasteiger partial charge in [0.2, 0.25) is 15.9 Å². The van der Waals surface area contributed by atoms with Crippen LogP contribution in [0.15, 0.2) is 82.8 Å². The summed E-state index contributed by atoms with van der Waals surface area (Å²) in [7, 11) is -2.51. The molecule has 0 unspecified atom stereocenters. The number of hydrogen-bond acceptors (Lipinski definition) is 10. The van der Waals surface area contributed by atoms with Crippen molar-refractivity contribution < 1.29 is 37.8 Å². The second kappa shape index (κ2) is 18.9. The lowest BCUT2D eigenvalue weighted by Crippen LogP contribution is -2.59. The van der Waals surface area contributed by atoms with Gasteiger partial charge in [-0.25, -0.2) is 13.2 Å². The van der Waals surface area contributed by atoms with Crippen molar-refractivity contribution in [2.45, 2.75) is 89.2 Å². The molecule has 2 aromatic carbocycles. The maximum absolute atomic E-state index is 14.1. The summed E-state index contributed by atoms with van der Waals surface area (Å²) < 4.78 is 40.0. The quantitative estimate of drug-likeness (QED) is 0.0872. The van der Waals surface area contributed by atoms with E-state index in [2.05, 4.69) is 20.8 Å². The van der Waals surface area contributed by atoms with Crippen LogP contribution < -0.4 is 10.6 Å². The Bertz CT molecular complexity index is 1730. The number of alkyl carbamates (subject to hydrolysis) is 1. The Morgan fingerprint density at radius 3 is 2.25 bits per heavy atom. The van der Waals surface area contributed by atoms with Gasteiger partial charge in [-0.1, -0.05) is 87.3 Å². The Balaban J connectivity index is 1.55. The molecule has 1 saturated carbocycles. The van der Waals surface area contributed by atoms with E-state index in [0.717, 1.165) is 31.2 Å². The minimum absolute atomic E-state index is 0.0348. The van der Waals surface area contributed by atoms with Crippen LogP contribution in [-0.4, -0.2) is 84.6 Å². The number of oxime groups is 1. The summed E-state index contributed by atoms with van der Waals surface area (Å²) in [4.78, 5) is 31.5. The van der Waals surface area contributed by atoms with E-state index in [1.807, 2.05) is 30.3 Å². The molecular weight excluding hydrogens is 687 g/mol. The van der Waals surface area contributed by atoms with E-state index in [-0.39, 0.29) is 36.9 Å². The van der Waals surface area contributed by atoms with Gasteiger partial charge < -0.3 is 30.4 Å². The number of nitrogens with zero attached hydrogens (tertiary/aromatic N) is 3. The van der Waals surface area contributed by atoms with Crippen molar-refractivity contribution in [1.29, 1.82) is 0 Å². The number of nitrogens with one attached hydrogen (secondary N) is 2. The largest absolute Gasteiger partial charge is 0.443 e. The van der Waals surface area contributed by atoms with Crippen LogP contribution in [0.2, 0.25) is 0 Å². The summed E-state index contributed by atoms with van der Waals surface area (Å²) in [5, 5.41) is 29.3. The van der Waals surface area contributed by atoms with Crippen LogP contribution >= 0.6 is 0 Å². The lowest BCUT2D eigenvalue weighted by atomic mass is 9.85. The molecule has 1 heterocycles. The van der Waals surface area contributed by atoms with E-state index in [0.29, 0.717) is 23.6 Å². The van der Waals surface area contributed by atoms with Gasteiger partial charge in [0.25, 0.3) is 0 Å². The molecule has 4 N–H and O–H groups in total. The van der Waals surface area contributed by atoms with Crippen LogP contribution in [0.3, 0.4) is 0 Å². The van der Waals surface area contributed by atoms with Crippen molar-refractivity contribution in [3.8, 4) is 0 Å². The second-order valence-electron chi connectivity index (χ2n) is 14.2. The number of amides is 2. The third-order valence-electron chi connectivity index (χ3n) is 9.04. The molecule has 0 spiro atoms. The first-order chi connectivity index (χ1) is 24.8. The second-order valence-corrected chi connectivity index (χ2v) is 16.2. The zero-order valence-corrected chi connectivity index (χ0v) is 31.1. The first-order valence-corrected chi connectivity index (χ1v) is 18.9. The Hall–Kier alpha value is -4.37. The molecule has 14 heteroatoms. The van der Waals surface area contributed by atoms with Crippen molar-refractivity contribution >= 4 is 28.2 Å². The molecule has 1 aromatic heterocycles. The lowest BCUT2D eigenvalue weighted by Gasteiger charge is -2.34. The molecule has 0 saturated heterocycles. The predicted octanol–water partition coefficient (Wildman–Crippen LogP) is 4.65. The average molecular weight is 738 g/mol. The molecule has 3 aromatic rings. The average Bonchev–Trinajstić information content (AvgIpc) is 3.63. The molecule has 52 heavy (non-hydrogen) atoms. The van der Waals surface area contributed by atoms with Gasteiger partial charge in [0.1, 0.15) is 12.6 Å². The van der Waals surface area contributed by atoms with Gasteiger partial charge in [-0.05, 0) is 66.0 Å². The zero-order chi connectivity index (χ0) is 37.7. The number of benzene rings is 2. The fourth-order valence-corrected chi connectivity index (χ4v) is 7.79. The number of pyridine rings is 1. The lowest BCUT2D eigenvalue weighted by molar-refractivity contribution is -0.127. The van der Waals surface area contributed by atoms with Gasteiger partial charge in [0.05, 0.1) is 41.3 Å². The van der Waals surface area contributed by atoms with Gasteiger partial charge >= 0.3 is 6.09 Å². The number of methoxy groups -OCH3 is 1. The Labute approximate surface area is 306 Å². The van der Waals surface area contributed by atoms with Crippen molar-refractivity contribution in [2.75, 3.05) is 20.2 Å². The first kappa shape index (κ1) is 40.4. The number of aliphatic hydroxyl groups excluding tert-OH is 1. The molecule has 1 fully saturated rings. The van der Waals surface area contributed by atoms with Crippen molar-refractivity contribution in [2.24, 2.45) is 16.5 Å². The van der Waals surface area contributed by atoms with Gasteiger partial charge in [0.15, 0.2) is 0 Å². The highest BCUT2D eigenvalue weighted by Gasteiger charge is 2.37. The van der Waals surface area contributed by atoms with Crippen LogP contribution in [0.4, 0.5) is 4.79 Å². The molecule has 3 atom stereocenters. The topological polar surface area (TPSA) is 180 Å². The van der Waals surface area contributed by atoms with Gasteiger partial charge in [0, 0.05) is 20.2 Å². The van der Waals surface area contributed by atoms with Crippen molar-refractivity contribution in [1.82, 2.24) is 19.9 Å². The summed E-state index contributed by atoms with van der Waals surface area (Å²) in [6, 6.07) is 18.5. The van der Waals surface area contributed by atoms with Gasteiger partial charge in [-0.2, -0.15) is 4.31 Å². The Morgan fingerprint density at radius 2 is 1.63 bits per heavy atom. The number of aromatic nitrogens is 1. The van der Waals surface area contributed by atoms with E-state index >= 15 is 0 Å². The highest BCUT2D eigenvalue weighted by atomic mass is 32.2. The third kappa shape index (κ3) is 11.8. The fourth-order valence-electron chi connectivity index (χ4n) is 6.26. The number of aliphatic hydroxyl groups is 1. The minimum Gasteiger partial charge on any atom is -0.443 e. The zero-order valence-electron chi connectivity index (χ0n) is 30.3. The fraction of sp³-hybridized carbons (Fsp3) is 0.474. The van der Waals surface area contributed by atoms with E-state index in [1.54, 1.807) is 46.1 Å². The van der Waals surface area contributed by atoms with E-state index < -0.39 is 45.6 Å². The predicted molar refractivity (Wildman–Crippen MR) is 196 cm³/mol. The minimum atomic E-state index is -4.07. The van der Waals surface area contributed by atoms with Crippen LogP contribution in [0.25, 0.3) is 0 Å². The molecule has 4 rings (SSSR count). The molecule has 0 bridgehead atoms. The van der Waals surface area contributed by atoms with E-state index in [4.69, 9.17) is 14.7 Å². The Kier molecular flexibility index (Phi) is 14.7. The highest BCUT2D eigenvalue weighted by molar-refractivity contribution is 7.89. The van der Waals surface area contributed by atoms with Crippen LogP contribution in [0, 0.1) is 11.3 Å². The molecule has 0 aliphatic heterocycles.